The summed E-state index contributed by atoms with van der Waals surface area (Å²) >= 11 is 0. The molecule has 2 aromatic carbocycles. The first-order chi connectivity index (χ1) is 15.3. The van der Waals surface area contributed by atoms with Crippen LogP contribution in [-0.2, 0) is 7.05 Å². The third kappa shape index (κ3) is 6.24. The van der Waals surface area contributed by atoms with E-state index in [0.29, 0.717) is 28.3 Å². The van der Waals surface area contributed by atoms with E-state index in [-0.39, 0.29) is 19.1 Å². The van der Waals surface area contributed by atoms with Gasteiger partial charge in [-0.1, -0.05) is 6.07 Å². The molecule has 0 saturated carbocycles. The number of carbonyl (C=O) groups is 1. The van der Waals surface area contributed by atoms with Crippen molar-refractivity contribution < 1.29 is 27.4 Å². The molecule has 1 amide bonds. The van der Waals surface area contributed by atoms with E-state index in [0.717, 1.165) is 5.69 Å². The van der Waals surface area contributed by atoms with E-state index in [2.05, 4.69) is 15.7 Å². The summed E-state index contributed by atoms with van der Waals surface area (Å²) in [4.78, 5) is 12.6. The lowest BCUT2D eigenvalue weighted by atomic mass is 10.1. The third-order valence-corrected chi connectivity index (χ3v) is 4.53. The monoisotopic (exact) mass is 448 g/mol. The van der Waals surface area contributed by atoms with Gasteiger partial charge < -0.3 is 20.1 Å². The van der Waals surface area contributed by atoms with Crippen molar-refractivity contribution in [2.75, 3.05) is 32.1 Å². The van der Waals surface area contributed by atoms with Crippen molar-refractivity contribution >= 4 is 11.6 Å². The molecule has 0 unspecified atom stereocenters. The van der Waals surface area contributed by atoms with Gasteiger partial charge in [0.15, 0.2) is 0 Å². The Hall–Kier alpha value is -3.53. The highest BCUT2D eigenvalue weighted by Gasteiger charge is 2.26. The molecule has 0 aliphatic rings. The van der Waals surface area contributed by atoms with Gasteiger partial charge >= 0.3 is 6.18 Å². The number of ether oxygens (including phenoxy) is 2. The van der Waals surface area contributed by atoms with E-state index in [1.165, 1.54) is 7.11 Å². The summed E-state index contributed by atoms with van der Waals surface area (Å²) in [7, 11) is 3.28. The van der Waals surface area contributed by atoms with E-state index >= 15 is 0 Å². The molecular formula is C22H23F3N4O3. The van der Waals surface area contributed by atoms with Crippen LogP contribution in [0.4, 0.5) is 18.9 Å². The molecule has 0 aliphatic carbocycles. The quantitative estimate of drug-likeness (QED) is 0.486. The Bertz CT molecular complexity index is 1070. The molecule has 10 heteroatoms. The molecule has 0 bridgehead atoms. The van der Waals surface area contributed by atoms with Crippen LogP contribution in [0, 0.1) is 0 Å². The number of nitrogens with zero attached hydrogens (tertiary/aromatic N) is 2. The van der Waals surface area contributed by atoms with Crippen molar-refractivity contribution in [3.63, 3.8) is 0 Å². The van der Waals surface area contributed by atoms with E-state index in [4.69, 9.17) is 9.47 Å². The van der Waals surface area contributed by atoms with Crippen LogP contribution in [0.2, 0.25) is 0 Å². The van der Waals surface area contributed by atoms with Gasteiger partial charge in [-0.3, -0.25) is 9.48 Å². The van der Waals surface area contributed by atoms with Crippen LogP contribution in [0.3, 0.4) is 0 Å². The number of methoxy groups -OCH3 is 1. The number of amides is 1. The van der Waals surface area contributed by atoms with Gasteiger partial charge in [0.1, 0.15) is 18.1 Å². The Labute approximate surface area is 183 Å². The molecule has 0 aliphatic heterocycles. The number of benzene rings is 2. The van der Waals surface area contributed by atoms with Crippen LogP contribution in [0.15, 0.2) is 54.7 Å². The molecule has 2 N–H and O–H groups in total. The molecule has 0 radical (unpaired) electrons. The largest absolute Gasteiger partial charge is 0.497 e. The Morgan fingerprint density at radius 3 is 2.66 bits per heavy atom. The molecule has 3 aromatic rings. The average Bonchev–Trinajstić information content (AvgIpc) is 3.19. The van der Waals surface area contributed by atoms with E-state index in [1.807, 2.05) is 0 Å². The summed E-state index contributed by atoms with van der Waals surface area (Å²) in [6.07, 6.45) is -2.66. The number of carbonyl (C=O) groups excluding carboxylic acids is 1. The maximum atomic E-state index is 12.6. The number of anilines is 1. The molecule has 32 heavy (non-hydrogen) atoms. The minimum atomic E-state index is -4.28. The van der Waals surface area contributed by atoms with Crippen LogP contribution in [0.5, 0.6) is 11.5 Å². The zero-order valence-electron chi connectivity index (χ0n) is 17.6. The SMILES string of the molecule is COc1cccc(C(=O)Nc2ccc(OCCNCC(F)(F)F)c(-c3ccnn3C)c2)c1. The number of nitrogens with one attached hydrogen (secondary N) is 2. The average molecular weight is 448 g/mol. The predicted octanol–water partition coefficient (Wildman–Crippen LogP) is 3.88. The second kappa shape index (κ2) is 10.2. The van der Waals surface area contributed by atoms with Crippen molar-refractivity contribution in [3.8, 4) is 22.8 Å². The zero-order valence-corrected chi connectivity index (χ0v) is 17.6. The molecule has 0 atom stereocenters. The fourth-order valence-electron chi connectivity index (χ4n) is 3.00. The van der Waals surface area contributed by atoms with Gasteiger partial charge in [0.25, 0.3) is 5.91 Å². The van der Waals surface area contributed by atoms with E-state index in [9.17, 15) is 18.0 Å². The van der Waals surface area contributed by atoms with Crippen LogP contribution in [0.1, 0.15) is 10.4 Å². The molecule has 170 valence electrons. The van der Waals surface area contributed by atoms with Crippen molar-refractivity contribution in [2.24, 2.45) is 7.05 Å². The molecular weight excluding hydrogens is 425 g/mol. The van der Waals surface area contributed by atoms with Gasteiger partial charge in [0, 0.05) is 36.6 Å². The number of hydrogen-bond acceptors (Lipinski definition) is 5. The van der Waals surface area contributed by atoms with Crippen molar-refractivity contribution in [1.29, 1.82) is 0 Å². The van der Waals surface area contributed by atoms with Gasteiger partial charge in [0.05, 0.1) is 19.3 Å². The number of hydrogen-bond donors (Lipinski definition) is 2. The fourth-order valence-corrected chi connectivity index (χ4v) is 3.00. The lowest BCUT2D eigenvalue weighted by molar-refractivity contribution is -0.124. The van der Waals surface area contributed by atoms with Gasteiger partial charge in [-0.15, -0.1) is 0 Å². The maximum Gasteiger partial charge on any atom is 0.401 e. The van der Waals surface area contributed by atoms with E-state index in [1.54, 1.807) is 66.5 Å². The summed E-state index contributed by atoms with van der Waals surface area (Å²) in [5, 5.41) is 9.28. The van der Waals surface area contributed by atoms with E-state index < -0.39 is 12.7 Å². The Kier molecular flexibility index (Phi) is 7.37. The summed E-state index contributed by atoms with van der Waals surface area (Å²) in [5.74, 6) is 0.711. The smallest absolute Gasteiger partial charge is 0.401 e. The number of aromatic nitrogens is 2. The van der Waals surface area contributed by atoms with Crippen LogP contribution in [0.25, 0.3) is 11.3 Å². The minimum Gasteiger partial charge on any atom is -0.497 e. The highest BCUT2D eigenvalue weighted by molar-refractivity contribution is 6.04. The van der Waals surface area contributed by atoms with Crippen molar-refractivity contribution in [1.82, 2.24) is 15.1 Å². The van der Waals surface area contributed by atoms with Gasteiger partial charge in [-0.2, -0.15) is 18.3 Å². The van der Waals surface area contributed by atoms with Gasteiger partial charge in [-0.25, -0.2) is 0 Å². The first-order valence-corrected chi connectivity index (χ1v) is 9.75. The van der Waals surface area contributed by atoms with Crippen molar-refractivity contribution in [2.45, 2.75) is 6.18 Å². The number of alkyl halides is 3. The first-order valence-electron chi connectivity index (χ1n) is 9.75. The summed E-state index contributed by atoms with van der Waals surface area (Å²) < 4.78 is 49.3. The number of rotatable bonds is 9. The first kappa shape index (κ1) is 23.1. The van der Waals surface area contributed by atoms with Gasteiger partial charge in [0.2, 0.25) is 0 Å². The second-order valence-electron chi connectivity index (χ2n) is 6.88. The normalized spacial score (nSPS) is 11.3. The van der Waals surface area contributed by atoms with Crippen LogP contribution in [-0.4, -0.2) is 48.7 Å². The van der Waals surface area contributed by atoms with Crippen LogP contribution < -0.4 is 20.1 Å². The third-order valence-electron chi connectivity index (χ3n) is 4.53. The molecule has 1 aromatic heterocycles. The van der Waals surface area contributed by atoms with Crippen LogP contribution >= 0.6 is 0 Å². The lowest BCUT2D eigenvalue weighted by Gasteiger charge is -2.15. The molecule has 1 heterocycles. The second-order valence-corrected chi connectivity index (χ2v) is 6.88. The molecule has 7 nitrogen and oxygen atoms in total. The van der Waals surface area contributed by atoms with Crippen molar-refractivity contribution in [3.05, 3.63) is 60.3 Å². The standard InChI is InChI=1S/C22H23F3N4O3/c1-29-19(8-9-27-29)18-13-16(28-21(30)15-4-3-5-17(12-15)31-2)6-7-20(18)32-11-10-26-14-22(23,24)25/h3-9,12-13,26H,10-11,14H2,1-2H3,(H,28,30). The fraction of sp³-hybridized carbons (Fsp3) is 0.273. The number of aryl methyl sites for hydroxylation is 1. The zero-order chi connectivity index (χ0) is 23.1. The Morgan fingerprint density at radius 1 is 1.16 bits per heavy atom. The summed E-state index contributed by atoms with van der Waals surface area (Å²) in [6, 6.07) is 13.6. The molecule has 0 saturated heterocycles. The minimum absolute atomic E-state index is 0.0265. The number of halogens is 3. The molecule has 3 rings (SSSR count). The Morgan fingerprint density at radius 2 is 1.97 bits per heavy atom. The van der Waals surface area contributed by atoms with Gasteiger partial charge in [-0.05, 0) is 42.5 Å². The predicted molar refractivity (Wildman–Crippen MR) is 114 cm³/mol. The molecule has 0 fully saturated rings. The Balaban J connectivity index is 1.76. The lowest BCUT2D eigenvalue weighted by Crippen LogP contribution is -2.31. The highest BCUT2D eigenvalue weighted by Crippen LogP contribution is 2.32. The highest BCUT2D eigenvalue weighted by atomic mass is 19.4. The maximum absolute atomic E-state index is 12.6. The molecule has 0 spiro atoms. The topological polar surface area (TPSA) is 77.4 Å². The summed E-state index contributed by atoms with van der Waals surface area (Å²) in [6.45, 7) is -1.02. The summed E-state index contributed by atoms with van der Waals surface area (Å²) in [5.41, 5.74) is 2.32.